The third-order valence-electron chi connectivity index (χ3n) is 2.35. The SMILES string of the molecule is CCc1ccc(C(=O)Nc2ncc[nH]2)cc1. The Morgan fingerprint density at radius 1 is 1.38 bits per heavy atom. The van der Waals surface area contributed by atoms with Crippen molar-refractivity contribution in [3.63, 3.8) is 0 Å². The average Bonchev–Trinajstić information content (AvgIpc) is 2.82. The first-order valence-electron chi connectivity index (χ1n) is 5.19. The summed E-state index contributed by atoms with van der Waals surface area (Å²) in [6.45, 7) is 2.08. The van der Waals surface area contributed by atoms with E-state index >= 15 is 0 Å². The summed E-state index contributed by atoms with van der Waals surface area (Å²) in [6, 6.07) is 7.54. The van der Waals surface area contributed by atoms with Crippen LogP contribution in [0, 0.1) is 0 Å². The molecule has 0 bridgehead atoms. The van der Waals surface area contributed by atoms with E-state index in [1.165, 1.54) is 5.56 Å². The van der Waals surface area contributed by atoms with Crippen LogP contribution in [0.4, 0.5) is 5.95 Å². The number of carbonyl (C=O) groups is 1. The first kappa shape index (κ1) is 10.4. The summed E-state index contributed by atoms with van der Waals surface area (Å²) in [6.07, 6.45) is 4.23. The molecule has 0 fully saturated rings. The number of nitrogens with zero attached hydrogens (tertiary/aromatic N) is 1. The van der Waals surface area contributed by atoms with Crippen LogP contribution >= 0.6 is 0 Å². The zero-order valence-electron chi connectivity index (χ0n) is 9.03. The van der Waals surface area contributed by atoms with Crippen LogP contribution in [-0.2, 0) is 6.42 Å². The summed E-state index contributed by atoms with van der Waals surface area (Å²) in [5, 5.41) is 2.67. The molecule has 0 aliphatic carbocycles. The van der Waals surface area contributed by atoms with Crippen molar-refractivity contribution in [1.82, 2.24) is 9.97 Å². The predicted molar refractivity (Wildman–Crippen MR) is 62.4 cm³/mol. The predicted octanol–water partition coefficient (Wildman–Crippen LogP) is 2.22. The Morgan fingerprint density at radius 2 is 2.12 bits per heavy atom. The van der Waals surface area contributed by atoms with Crippen LogP contribution in [-0.4, -0.2) is 15.9 Å². The molecule has 1 aromatic carbocycles. The normalized spacial score (nSPS) is 10.1. The number of aromatic nitrogens is 2. The number of hydrogen-bond acceptors (Lipinski definition) is 2. The molecule has 1 heterocycles. The molecule has 4 nitrogen and oxygen atoms in total. The summed E-state index contributed by atoms with van der Waals surface area (Å²) >= 11 is 0. The molecule has 1 aromatic heterocycles. The first-order chi connectivity index (χ1) is 7.79. The van der Waals surface area contributed by atoms with Gasteiger partial charge in [0.1, 0.15) is 0 Å². The monoisotopic (exact) mass is 215 g/mol. The van der Waals surface area contributed by atoms with Gasteiger partial charge in [-0.15, -0.1) is 0 Å². The minimum absolute atomic E-state index is 0.155. The summed E-state index contributed by atoms with van der Waals surface area (Å²) < 4.78 is 0. The fourth-order valence-corrected chi connectivity index (χ4v) is 1.41. The van der Waals surface area contributed by atoms with Gasteiger partial charge in [0.05, 0.1) is 0 Å². The van der Waals surface area contributed by atoms with Crippen LogP contribution in [0.3, 0.4) is 0 Å². The highest BCUT2D eigenvalue weighted by molar-refractivity contribution is 6.03. The molecular formula is C12H13N3O. The molecular weight excluding hydrogens is 202 g/mol. The Labute approximate surface area is 93.7 Å². The summed E-state index contributed by atoms with van der Waals surface area (Å²) in [5.41, 5.74) is 1.85. The van der Waals surface area contributed by atoms with Gasteiger partial charge < -0.3 is 4.98 Å². The van der Waals surface area contributed by atoms with Crippen molar-refractivity contribution < 1.29 is 4.79 Å². The van der Waals surface area contributed by atoms with E-state index in [4.69, 9.17) is 0 Å². The standard InChI is InChI=1S/C12H13N3O/c1-2-9-3-5-10(6-4-9)11(16)15-12-13-7-8-14-12/h3-8H,2H2,1H3,(H2,13,14,15,16). The maximum Gasteiger partial charge on any atom is 0.257 e. The third kappa shape index (κ3) is 2.28. The summed E-state index contributed by atoms with van der Waals surface area (Å²) in [5.74, 6) is 0.308. The molecule has 16 heavy (non-hydrogen) atoms. The van der Waals surface area contributed by atoms with Gasteiger partial charge in [0, 0.05) is 18.0 Å². The highest BCUT2D eigenvalue weighted by Gasteiger charge is 2.06. The number of carbonyl (C=O) groups excluding carboxylic acids is 1. The third-order valence-corrected chi connectivity index (χ3v) is 2.35. The molecule has 0 aliphatic rings. The van der Waals surface area contributed by atoms with E-state index < -0.39 is 0 Å². The molecule has 0 aliphatic heterocycles. The second-order valence-corrected chi connectivity index (χ2v) is 3.44. The number of rotatable bonds is 3. The molecule has 2 N–H and O–H groups in total. The fourth-order valence-electron chi connectivity index (χ4n) is 1.41. The van der Waals surface area contributed by atoms with Gasteiger partial charge in [-0.2, -0.15) is 0 Å². The summed E-state index contributed by atoms with van der Waals surface area (Å²) in [7, 11) is 0. The topological polar surface area (TPSA) is 57.8 Å². The van der Waals surface area contributed by atoms with Crippen LogP contribution in [0.1, 0.15) is 22.8 Å². The zero-order valence-corrected chi connectivity index (χ0v) is 9.03. The quantitative estimate of drug-likeness (QED) is 0.824. The molecule has 0 saturated heterocycles. The van der Waals surface area contributed by atoms with Crippen LogP contribution in [0.25, 0.3) is 0 Å². The van der Waals surface area contributed by atoms with Crippen molar-refractivity contribution in [3.8, 4) is 0 Å². The molecule has 1 amide bonds. The van der Waals surface area contributed by atoms with Gasteiger partial charge in [0.2, 0.25) is 5.95 Å². The van der Waals surface area contributed by atoms with Crippen LogP contribution in [0.5, 0.6) is 0 Å². The Kier molecular flexibility index (Phi) is 3.00. The Hall–Kier alpha value is -2.10. The van der Waals surface area contributed by atoms with E-state index in [-0.39, 0.29) is 5.91 Å². The largest absolute Gasteiger partial charge is 0.331 e. The molecule has 0 atom stereocenters. The van der Waals surface area contributed by atoms with Gasteiger partial charge in [-0.05, 0) is 24.1 Å². The highest BCUT2D eigenvalue weighted by Crippen LogP contribution is 2.07. The van der Waals surface area contributed by atoms with Crippen molar-refractivity contribution >= 4 is 11.9 Å². The summed E-state index contributed by atoms with van der Waals surface area (Å²) in [4.78, 5) is 18.5. The number of amides is 1. The van der Waals surface area contributed by atoms with Crippen LogP contribution in [0.2, 0.25) is 0 Å². The van der Waals surface area contributed by atoms with E-state index in [9.17, 15) is 4.79 Å². The lowest BCUT2D eigenvalue weighted by Gasteiger charge is -2.02. The van der Waals surface area contributed by atoms with Crippen molar-refractivity contribution in [2.24, 2.45) is 0 Å². The maximum atomic E-state index is 11.7. The van der Waals surface area contributed by atoms with E-state index in [0.29, 0.717) is 11.5 Å². The van der Waals surface area contributed by atoms with Gasteiger partial charge in [0.15, 0.2) is 0 Å². The molecule has 82 valence electrons. The molecule has 2 aromatic rings. The van der Waals surface area contributed by atoms with Crippen LogP contribution in [0.15, 0.2) is 36.7 Å². The number of benzene rings is 1. The molecule has 2 rings (SSSR count). The lowest BCUT2D eigenvalue weighted by atomic mass is 10.1. The van der Waals surface area contributed by atoms with Crippen molar-refractivity contribution in [1.29, 1.82) is 0 Å². The van der Waals surface area contributed by atoms with Gasteiger partial charge in [-0.1, -0.05) is 19.1 Å². The van der Waals surface area contributed by atoms with Crippen molar-refractivity contribution in [2.45, 2.75) is 13.3 Å². The number of aryl methyl sites for hydroxylation is 1. The fraction of sp³-hybridized carbons (Fsp3) is 0.167. The smallest absolute Gasteiger partial charge is 0.257 e. The second-order valence-electron chi connectivity index (χ2n) is 3.44. The molecule has 0 saturated carbocycles. The zero-order chi connectivity index (χ0) is 11.4. The van der Waals surface area contributed by atoms with Gasteiger partial charge in [0.25, 0.3) is 5.91 Å². The Bertz CT molecular complexity index is 460. The molecule has 4 heteroatoms. The minimum atomic E-state index is -0.155. The van der Waals surface area contributed by atoms with E-state index in [1.54, 1.807) is 12.4 Å². The second kappa shape index (κ2) is 4.61. The highest BCUT2D eigenvalue weighted by atomic mass is 16.1. The first-order valence-corrected chi connectivity index (χ1v) is 5.19. The van der Waals surface area contributed by atoms with Crippen LogP contribution < -0.4 is 5.32 Å². The number of hydrogen-bond donors (Lipinski definition) is 2. The maximum absolute atomic E-state index is 11.7. The molecule has 0 unspecified atom stereocenters. The van der Waals surface area contributed by atoms with Crippen molar-refractivity contribution in [2.75, 3.05) is 5.32 Å². The van der Waals surface area contributed by atoms with E-state index in [2.05, 4.69) is 22.2 Å². The van der Waals surface area contributed by atoms with E-state index in [0.717, 1.165) is 6.42 Å². The minimum Gasteiger partial charge on any atom is -0.331 e. The number of nitrogens with one attached hydrogen (secondary N) is 2. The van der Waals surface area contributed by atoms with Gasteiger partial charge in [-0.3, -0.25) is 10.1 Å². The molecule has 0 spiro atoms. The van der Waals surface area contributed by atoms with Crippen molar-refractivity contribution in [3.05, 3.63) is 47.8 Å². The van der Waals surface area contributed by atoms with E-state index in [1.807, 2.05) is 24.3 Å². The van der Waals surface area contributed by atoms with Gasteiger partial charge in [-0.25, -0.2) is 4.98 Å². The number of imidazole rings is 1. The average molecular weight is 215 g/mol. The van der Waals surface area contributed by atoms with Gasteiger partial charge >= 0.3 is 0 Å². The molecule has 0 radical (unpaired) electrons. The Balaban J connectivity index is 2.09. The number of aromatic amines is 1. The Morgan fingerprint density at radius 3 is 2.69 bits per heavy atom. The lowest BCUT2D eigenvalue weighted by molar-refractivity contribution is 0.102. The number of H-pyrrole nitrogens is 1. The number of anilines is 1. The lowest BCUT2D eigenvalue weighted by Crippen LogP contribution is -2.12.